The molecule has 3 nitrogen and oxygen atoms in total. The summed E-state index contributed by atoms with van der Waals surface area (Å²) in [6, 6.07) is 16.2. The molecule has 2 aromatic carbocycles. The van der Waals surface area contributed by atoms with E-state index in [1.807, 2.05) is 24.3 Å². The number of para-hydroxylation sites is 1. The van der Waals surface area contributed by atoms with Crippen LogP contribution in [0.3, 0.4) is 0 Å². The average molecular weight is 317 g/mol. The lowest BCUT2D eigenvalue weighted by atomic mass is 10.1. The number of nitrogens with zero attached hydrogens (tertiary/aromatic N) is 1. The van der Waals surface area contributed by atoms with Gasteiger partial charge in [-0.15, -0.1) is 0 Å². The van der Waals surface area contributed by atoms with E-state index >= 15 is 0 Å². The van der Waals surface area contributed by atoms with Gasteiger partial charge < -0.3 is 5.32 Å². The number of rotatable bonds is 2. The fourth-order valence-corrected chi connectivity index (χ4v) is 2.47. The molecule has 0 aliphatic rings. The summed E-state index contributed by atoms with van der Waals surface area (Å²) < 4.78 is 0. The Bertz CT molecular complexity index is 833. The highest BCUT2D eigenvalue weighted by Gasteiger charge is 2.12. The molecule has 0 radical (unpaired) electrons. The van der Waals surface area contributed by atoms with E-state index < -0.39 is 0 Å². The van der Waals surface area contributed by atoms with E-state index in [4.69, 9.17) is 23.2 Å². The van der Waals surface area contributed by atoms with Crippen LogP contribution in [0.2, 0.25) is 10.2 Å². The number of pyridine rings is 1. The quantitative estimate of drug-likeness (QED) is 0.690. The van der Waals surface area contributed by atoms with Gasteiger partial charge in [-0.25, -0.2) is 4.98 Å². The first-order valence-electron chi connectivity index (χ1n) is 6.26. The van der Waals surface area contributed by atoms with E-state index in [0.29, 0.717) is 15.9 Å². The van der Waals surface area contributed by atoms with E-state index in [9.17, 15) is 4.79 Å². The molecule has 3 aromatic rings. The van der Waals surface area contributed by atoms with Crippen molar-refractivity contribution in [3.63, 3.8) is 0 Å². The van der Waals surface area contributed by atoms with E-state index in [1.165, 1.54) is 0 Å². The molecule has 21 heavy (non-hydrogen) atoms. The second kappa shape index (κ2) is 5.72. The molecule has 1 aromatic heterocycles. The van der Waals surface area contributed by atoms with Gasteiger partial charge in [0.1, 0.15) is 10.8 Å². The number of amides is 1. The van der Waals surface area contributed by atoms with Crippen LogP contribution in [-0.2, 0) is 0 Å². The Morgan fingerprint density at radius 2 is 1.71 bits per heavy atom. The summed E-state index contributed by atoms with van der Waals surface area (Å²) >= 11 is 12.1. The van der Waals surface area contributed by atoms with Crippen LogP contribution in [-0.4, -0.2) is 10.9 Å². The van der Waals surface area contributed by atoms with Crippen molar-refractivity contribution >= 4 is 45.6 Å². The first-order chi connectivity index (χ1) is 10.1. The Labute approximate surface area is 131 Å². The zero-order valence-electron chi connectivity index (χ0n) is 10.8. The first-order valence-corrected chi connectivity index (χ1v) is 7.02. The summed E-state index contributed by atoms with van der Waals surface area (Å²) in [6.07, 6.45) is 0. The van der Waals surface area contributed by atoms with E-state index in [-0.39, 0.29) is 11.6 Å². The molecule has 104 valence electrons. The van der Waals surface area contributed by atoms with Crippen molar-refractivity contribution in [1.82, 2.24) is 4.98 Å². The van der Waals surface area contributed by atoms with Gasteiger partial charge in [0, 0.05) is 5.39 Å². The van der Waals surface area contributed by atoms with Crippen molar-refractivity contribution in [2.45, 2.75) is 0 Å². The Hall–Kier alpha value is -2.10. The van der Waals surface area contributed by atoms with Crippen LogP contribution < -0.4 is 5.32 Å². The number of fused-ring (bicyclic) bond motifs is 1. The minimum atomic E-state index is -0.351. The molecule has 0 fully saturated rings. The van der Waals surface area contributed by atoms with Gasteiger partial charge in [0.05, 0.1) is 10.7 Å². The SMILES string of the molecule is O=C(Nc1ccccc1Cl)c1cc2ccccc2c(Cl)n1. The van der Waals surface area contributed by atoms with Crippen molar-refractivity contribution in [1.29, 1.82) is 0 Å². The summed E-state index contributed by atoms with van der Waals surface area (Å²) in [6.45, 7) is 0. The van der Waals surface area contributed by atoms with Crippen molar-refractivity contribution in [2.24, 2.45) is 0 Å². The number of carbonyl (C=O) groups is 1. The zero-order valence-corrected chi connectivity index (χ0v) is 12.3. The van der Waals surface area contributed by atoms with Crippen LogP contribution in [0.25, 0.3) is 10.8 Å². The van der Waals surface area contributed by atoms with Crippen molar-refractivity contribution < 1.29 is 4.79 Å². The Balaban J connectivity index is 1.97. The minimum Gasteiger partial charge on any atom is -0.319 e. The van der Waals surface area contributed by atoms with Gasteiger partial charge in [-0.2, -0.15) is 0 Å². The number of hydrogen-bond acceptors (Lipinski definition) is 2. The maximum atomic E-state index is 12.3. The van der Waals surface area contributed by atoms with Gasteiger partial charge in [0.2, 0.25) is 0 Å². The molecule has 5 heteroatoms. The van der Waals surface area contributed by atoms with Crippen molar-refractivity contribution in [3.05, 3.63) is 70.5 Å². The number of aromatic nitrogens is 1. The predicted octanol–water partition coefficient (Wildman–Crippen LogP) is 4.79. The monoisotopic (exact) mass is 316 g/mol. The summed E-state index contributed by atoms with van der Waals surface area (Å²) in [4.78, 5) is 16.4. The molecule has 0 aliphatic carbocycles. The molecule has 1 N–H and O–H groups in total. The highest BCUT2D eigenvalue weighted by Crippen LogP contribution is 2.24. The summed E-state index contributed by atoms with van der Waals surface area (Å²) in [5.74, 6) is -0.351. The Morgan fingerprint density at radius 3 is 2.52 bits per heavy atom. The molecule has 0 bridgehead atoms. The van der Waals surface area contributed by atoms with E-state index in [0.717, 1.165) is 10.8 Å². The minimum absolute atomic E-state index is 0.249. The molecule has 1 heterocycles. The predicted molar refractivity (Wildman–Crippen MR) is 86.2 cm³/mol. The number of anilines is 1. The van der Waals surface area contributed by atoms with Crippen LogP contribution in [0.4, 0.5) is 5.69 Å². The molecule has 0 saturated heterocycles. The second-order valence-corrected chi connectivity index (χ2v) is 5.22. The van der Waals surface area contributed by atoms with Gasteiger partial charge in [0.25, 0.3) is 5.91 Å². The largest absolute Gasteiger partial charge is 0.319 e. The fourth-order valence-electron chi connectivity index (χ4n) is 2.02. The molecule has 0 atom stereocenters. The van der Waals surface area contributed by atoms with Gasteiger partial charge in [0.15, 0.2) is 0 Å². The number of carbonyl (C=O) groups excluding carboxylic acids is 1. The summed E-state index contributed by atoms with van der Waals surface area (Å²) in [5.41, 5.74) is 0.786. The van der Waals surface area contributed by atoms with Crippen LogP contribution in [0.15, 0.2) is 54.6 Å². The third kappa shape index (κ3) is 2.84. The lowest BCUT2D eigenvalue weighted by Gasteiger charge is -2.08. The van der Waals surface area contributed by atoms with Gasteiger partial charge in [-0.05, 0) is 23.6 Å². The fraction of sp³-hybridized carbons (Fsp3) is 0. The number of benzene rings is 2. The molecule has 0 spiro atoms. The molecule has 0 saturated carbocycles. The first kappa shape index (κ1) is 13.9. The molecule has 0 aliphatic heterocycles. The van der Waals surface area contributed by atoms with Crippen LogP contribution >= 0.6 is 23.2 Å². The topological polar surface area (TPSA) is 42.0 Å². The number of hydrogen-bond donors (Lipinski definition) is 1. The molecule has 1 amide bonds. The number of nitrogens with one attached hydrogen (secondary N) is 1. The normalized spacial score (nSPS) is 10.6. The molecular formula is C16H10Cl2N2O. The number of halogens is 2. The van der Waals surface area contributed by atoms with E-state index in [2.05, 4.69) is 10.3 Å². The van der Waals surface area contributed by atoms with Crippen LogP contribution in [0.5, 0.6) is 0 Å². The van der Waals surface area contributed by atoms with Crippen LogP contribution in [0, 0.1) is 0 Å². The highest BCUT2D eigenvalue weighted by molar-refractivity contribution is 6.35. The Morgan fingerprint density at radius 1 is 1.00 bits per heavy atom. The van der Waals surface area contributed by atoms with Gasteiger partial charge in [-0.1, -0.05) is 59.6 Å². The van der Waals surface area contributed by atoms with Crippen LogP contribution in [0.1, 0.15) is 10.5 Å². The van der Waals surface area contributed by atoms with Gasteiger partial charge >= 0.3 is 0 Å². The van der Waals surface area contributed by atoms with E-state index in [1.54, 1.807) is 30.3 Å². The maximum Gasteiger partial charge on any atom is 0.274 e. The summed E-state index contributed by atoms with van der Waals surface area (Å²) in [7, 11) is 0. The molecule has 3 rings (SSSR count). The lowest BCUT2D eigenvalue weighted by Crippen LogP contribution is -2.14. The summed E-state index contributed by atoms with van der Waals surface area (Å²) in [5, 5.41) is 5.18. The zero-order chi connectivity index (χ0) is 14.8. The third-order valence-corrected chi connectivity index (χ3v) is 3.67. The third-order valence-electron chi connectivity index (χ3n) is 3.05. The lowest BCUT2D eigenvalue weighted by molar-refractivity contribution is 0.102. The molecule has 0 unspecified atom stereocenters. The maximum absolute atomic E-state index is 12.3. The highest BCUT2D eigenvalue weighted by atomic mass is 35.5. The standard InChI is InChI=1S/C16H10Cl2N2O/c17-12-7-3-4-8-13(12)20-16(21)14-9-10-5-1-2-6-11(10)15(18)19-14/h1-9H,(H,20,21). The van der Waals surface area contributed by atoms with Crippen molar-refractivity contribution in [2.75, 3.05) is 5.32 Å². The van der Waals surface area contributed by atoms with Crippen molar-refractivity contribution in [3.8, 4) is 0 Å². The average Bonchev–Trinajstić information content (AvgIpc) is 2.49. The molecular weight excluding hydrogens is 307 g/mol. The Kier molecular flexibility index (Phi) is 3.78. The smallest absolute Gasteiger partial charge is 0.274 e. The second-order valence-electron chi connectivity index (χ2n) is 4.45. The van der Waals surface area contributed by atoms with Gasteiger partial charge in [-0.3, -0.25) is 4.79 Å².